The molecule has 17 heavy (non-hydrogen) atoms. The van der Waals surface area contributed by atoms with Crippen molar-refractivity contribution >= 4 is 17.1 Å². The Balaban J connectivity index is 2.46. The topological polar surface area (TPSA) is 55.3 Å². The number of nitrogen functional groups attached to an aromatic ring is 2. The summed E-state index contributed by atoms with van der Waals surface area (Å²) < 4.78 is 0. The molecule has 0 unspecified atom stereocenters. The van der Waals surface area contributed by atoms with Crippen LogP contribution in [0, 0.1) is 0 Å². The van der Waals surface area contributed by atoms with E-state index in [1.807, 2.05) is 55.4 Å². The van der Waals surface area contributed by atoms with Gasteiger partial charge >= 0.3 is 0 Å². The molecule has 0 bridgehead atoms. The molecular weight excluding hydrogens is 210 g/mol. The van der Waals surface area contributed by atoms with Crippen LogP contribution in [0.1, 0.15) is 0 Å². The van der Waals surface area contributed by atoms with Crippen LogP contribution in [0.3, 0.4) is 0 Å². The minimum Gasteiger partial charge on any atom is -0.399 e. The highest BCUT2D eigenvalue weighted by atomic mass is 15.1. The van der Waals surface area contributed by atoms with Crippen molar-refractivity contribution in [2.45, 2.75) is 0 Å². The van der Waals surface area contributed by atoms with Gasteiger partial charge in [0.05, 0.1) is 11.4 Å². The minimum absolute atomic E-state index is 0.775. The Hall–Kier alpha value is -2.16. The van der Waals surface area contributed by atoms with Gasteiger partial charge in [-0.15, -0.1) is 0 Å². The summed E-state index contributed by atoms with van der Waals surface area (Å²) in [7, 11) is 3.97. The van der Waals surface area contributed by atoms with Gasteiger partial charge in [-0.05, 0) is 35.4 Å². The van der Waals surface area contributed by atoms with Crippen molar-refractivity contribution in [1.82, 2.24) is 0 Å². The highest BCUT2D eigenvalue weighted by Crippen LogP contribution is 2.29. The zero-order chi connectivity index (χ0) is 12.4. The molecule has 2 rings (SSSR count). The SMILES string of the molecule is CN(C)c1cc(-c2ccc(N)cc2)ccc1N. The summed E-state index contributed by atoms with van der Waals surface area (Å²) in [5.41, 5.74) is 16.5. The molecule has 0 spiro atoms. The maximum absolute atomic E-state index is 5.93. The lowest BCUT2D eigenvalue weighted by Gasteiger charge is -2.16. The molecule has 0 amide bonds. The van der Waals surface area contributed by atoms with Gasteiger partial charge in [0.1, 0.15) is 0 Å². The number of nitrogens with two attached hydrogens (primary N) is 2. The Morgan fingerprint density at radius 1 is 0.824 bits per heavy atom. The van der Waals surface area contributed by atoms with Crippen molar-refractivity contribution in [2.24, 2.45) is 0 Å². The van der Waals surface area contributed by atoms with Crippen molar-refractivity contribution in [3.63, 3.8) is 0 Å². The second kappa shape index (κ2) is 4.37. The highest BCUT2D eigenvalue weighted by molar-refractivity contribution is 5.77. The smallest absolute Gasteiger partial charge is 0.0600 e. The van der Waals surface area contributed by atoms with E-state index in [0.717, 1.165) is 28.2 Å². The first-order valence-corrected chi connectivity index (χ1v) is 5.50. The monoisotopic (exact) mass is 227 g/mol. The summed E-state index contributed by atoms with van der Waals surface area (Å²) >= 11 is 0. The second-order valence-electron chi connectivity index (χ2n) is 4.29. The lowest BCUT2D eigenvalue weighted by Crippen LogP contribution is -2.11. The summed E-state index contributed by atoms with van der Waals surface area (Å²) in [6, 6.07) is 13.9. The van der Waals surface area contributed by atoms with Gasteiger partial charge in [-0.1, -0.05) is 18.2 Å². The number of benzene rings is 2. The summed E-state index contributed by atoms with van der Waals surface area (Å²) in [4.78, 5) is 2.01. The Morgan fingerprint density at radius 2 is 1.41 bits per heavy atom. The lowest BCUT2D eigenvalue weighted by atomic mass is 10.0. The van der Waals surface area contributed by atoms with E-state index in [4.69, 9.17) is 11.5 Å². The number of hydrogen-bond acceptors (Lipinski definition) is 3. The average Bonchev–Trinajstić information content (AvgIpc) is 2.30. The van der Waals surface area contributed by atoms with Crippen molar-refractivity contribution in [1.29, 1.82) is 0 Å². The molecule has 2 aromatic rings. The van der Waals surface area contributed by atoms with Crippen molar-refractivity contribution < 1.29 is 0 Å². The summed E-state index contributed by atoms with van der Waals surface area (Å²) in [5.74, 6) is 0. The standard InChI is InChI=1S/C14H17N3/c1-17(2)14-9-11(5-8-13(14)16)10-3-6-12(15)7-4-10/h3-9H,15-16H2,1-2H3. The fraction of sp³-hybridized carbons (Fsp3) is 0.143. The van der Waals surface area contributed by atoms with Crippen LogP contribution in [0.4, 0.5) is 17.1 Å². The Morgan fingerprint density at radius 3 is 2.00 bits per heavy atom. The molecule has 88 valence electrons. The summed E-state index contributed by atoms with van der Waals surface area (Å²) in [5, 5.41) is 0. The molecule has 4 N–H and O–H groups in total. The van der Waals surface area contributed by atoms with Crippen molar-refractivity contribution in [2.75, 3.05) is 30.5 Å². The molecule has 0 atom stereocenters. The third-order valence-electron chi connectivity index (χ3n) is 2.76. The molecule has 0 aliphatic carbocycles. The Labute approximate surface area is 102 Å². The van der Waals surface area contributed by atoms with Crippen molar-refractivity contribution in [3.05, 3.63) is 42.5 Å². The number of rotatable bonds is 2. The highest BCUT2D eigenvalue weighted by Gasteiger charge is 2.04. The third-order valence-corrected chi connectivity index (χ3v) is 2.76. The molecule has 0 aliphatic heterocycles. The van der Waals surface area contributed by atoms with E-state index in [0.29, 0.717) is 0 Å². The molecule has 0 fully saturated rings. The maximum atomic E-state index is 5.93. The Bertz CT molecular complexity index is 515. The quantitative estimate of drug-likeness (QED) is 0.775. The summed E-state index contributed by atoms with van der Waals surface area (Å²) in [6.45, 7) is 0. The van der Waals surface area contributed by atoms with Crippen LogP contribution in [0.5, 0.6) is 0 Å². The molecule has 0 radical (unpaired) electrons. The van der Waals surface area contributed by atoms with Gasteiger partial charge in [0.2, 0.25) is 0 Å². The zero-order valence-electron chi connectivity index (χ0n) is 10.1. The van der Waals surface area contributed by atoms with E-state index in [1.54, 1.807) is 0 Å². The van der Waals surface area contributed by atoms with E-state index in [1.165, 1.54) is 0 Å². The Kier molecular flexibility index (Phi) is 2.91. The van der Waals surface area contributed by atoms with Gasteiger partial charge in [-0.3, -0.25) is 0 Å². The van der Waals surface area contributed by atoms with Crippen LogP contribution in [-0.2, 0) is 0 Å². The maximum Gasteiger partial charge on any atom is 0.0600 e. The zero-order valence-corrected chi connectivity index (χ0v) is 10.1. The first kappa shape index (κ1) is 11.3. The second-order valence-corrected chi connectivity index (χ2v) is 4.29. The molecule has 0 aliphatic rings. The molecule has 0 aromatic heterocycles. The van der Waals surface area contributed by atoms with Crippen LogP contribution in [-0.4, -0.2) is 14.1 Å². The van der Waals surface area contributed by atoms with Gasteiger partial charge < -0.3 is 16.4 Å². The van der Waals surface area contributed by atoms with Crippen LogP contribution in [0.2, 0.25) is 0 Å². The summed E-state index contributed by atoms with van der Waals surface area (Å²) in [6.07, 6.45) is 0. The van der Waals surface area contributed by atoms with Gasteiger partial charge in [-0.2, -0.15) is 0 Å². The van der Waals surface area contributed by atoms with Gasteiger partial charge in [0, 0.05) is 19.8 Å². The van der Waals surface area contributed by atoms with Gasteiger partial charge in [0.25, 0.3) is 0 Å². The number of nitrogens with zero attached hydrogens (tertiary/aromatic N) is 1. The first-order valence-electron chi connectivity index (χ1n) is 5.50. The lowest BCUT2D eigenvalue weighted by molar-refractivity contribution is 1.13. The fourth-order valence-corrected chi connectivity index (χ4v) is 1.79. The first-order chi connectivity index (χ1) is 8.08. The van der Waals surface area contributed by atoms with E-state index >= 15 is 0 Å². The predicted molar refractivity (Wildman–Crippen MR) is 75.0 cm³/mol. The van der Waals surface area contributed by atoms with E-state index < -0.39 is 0 Å². The fourth-order valence-electron chi connectivity index (χ4n) is 1.79. The van der Waals surface area contributed by atoms with Gasteiger partial charge in [0.15, 0.2) is 0 Å². The van der Waals surface area contributed by atoms with Crippen LogP contribution < -0.4 is 16.4 Å². The van der Waals surface area contributed by atoms with Crippen LogP contribution >= 0.6 is 0 Å². The van der Waals surface area contributed by atoms with E-state index in [-0.39, 0.29) is 0 Å². The molecule has 2 aromatic carbocycles. The minimum atomic E-state index is 0.775. The normalized spacial score (nSPS) is 10.2. The molecule has 3 nitrogen and oxygen atoms in total. The number of anilines is 3. The van der Waals surface area contributed by atoms with Crippen molar-refractivity contribution in [3.8, 4) is 11.1 Å². The molecule has 0 saturated carbocycles. The molecular formula is C14H17N3. The molecule has 0 heterocycles. The number of hydrogen-bond donors (Lipinski definition) is 2. The van der Waals surface area contributed by atoms with Crippen LogP contribution in [0.25, 0.3) is 11.1 Å². The predicted octanol–water partition coefficient (Wildman–Crippen LogP) is 2.58. The molecule has 3 heteroatoms. The third kappa shape index (κ3) is 2.33. The van der Waals surface area contributed by atoms with Crippen LogP contribution in [0.15, 0.2) is 42.5 Å². The van der Waals surface area contributed by atoms with Gasteiger partial charge in [-0.25, -0.2) is 0 Å². The average molecular weight is 227 g/mol. The molecule has 0 saturated heterocycles. The van der Waals surface area contributed by atoms with E-state index in [9.17, 15) is 0 Å². The largest absolute Gasteiger partial charge is 0.399 e. The van der Waals surface area contributed by atoms with E-state index in [2.05, 4.69) is 6.07 Å².